The van der Waals surface area contributed by atoms with Crippen molar-refractivity contribution in [3.8, 4) is 5.75 Å². The standard InChI is InChI=1S/C17H14F3N3O/c1-24-11-7-5-10(6-8-11)9-14-22-15-12(16(21)23-14)3-2-4-13(15)17(18,19)20/h2-8H,9H2,1H3,(H2,21,22,23). The molecule has 0 bridgehead atoms. The number of hydrogen-bond donors (Lipinski definition) is 1. The Morgan fingerprint density at radius 2 is 1.75 bits per heavy atom. The first-order chi connectivity index (χ1) is 11.4. The molecule has 0 aliphatic heterocycles. The number of nitrogens with two attached hydrogens (primary N) is 1. The second kappa shape index (κ2) is 5.99. The molecule has 124 valence electrons. The van der Waals surface area contributed by atoms with E-state index >= 15 is 0 Å². The van der Waals surface area contributed by atoms with Crippen molar-refractivity contribution < 1.29 is 17.9 Å². The van der Waals surface area contributed by atoms with Crippen molar-refractivity contribution in [2.75, 3.05) is 12.8 Å². The van der Waals surface area contributed by atoms with E-state index in [1.54, 1.807) is 31.4 Å². The van der Waals surface area contributed by atoms with Crippen LogP contribution in [-0.2, 0) is 12.6 Å². The fraction of sp³-hybridized carbons (Fsp3) is 0.176. The summed E-state index contributed by atoms with van der Waals surface area (Å²) in [4.78, 5) is 8.23. The summed E-state index contributed by atoms with van der Waals surface area (Å²) in [5.74, 6) is 0.966. The smallest absolute Gasteiger partial charge is 0.418 e. The quantitative estimate of drug-likeness (QED) is 0.791. The van der Waals surface area contributed by atoms with Crippen molar-refractivity contribution in [3.63, 3.8) is 0 Å². The highest BCUT2D eigenvalue weighted by Crippen LogP contribution is 2.35. The van der Waals surface area contributed by atoms with Gasteiger partial charge in [0.05, 0.1) is 18.2 Å². The van der Waals surface area contributed by atoms with Crippen molar-refractivity contribution in [1.82, 2.24) is 9.97 Å². The lowest BCUT2D eigenvalue weighted by Crippen LogP contribution is -2.09. The zero-order valence-electron chi connectivity index (χ0n) is 12.8. The second-order valence-corrected chi connectivity index (χ2v) is 5.25. The molecule has 0 amide bonds. The molecule has 1 heterocycles. The average molecular weight is 333 g/mol. The molecule has 0 unspecified atom stereocenters. The molecule has 3 rings (SSSR count). The number of aromatic nitrogens is 2. The number of benzene rings is 2. The molecule has 7 heteroatoms. The van der Waals surface area contributed by atoms with Crippen molar-refractivity contribution in [2.24, 2.45) is 0 Å². The molecule has 2 aromatic carbocycles. The Balaban J connectivity index is 2.05. The normalized spacial score (nSPS) is 11.7. The molecule has 0 saturated heterocycles. The van der Waals surface area contributed by atoms with Crippen LogP contribution in [0.1, 0.15) is 17.0 Å². The molecule has 1 aromatic heterocycles. The number of ether oxygens (including phenoxy) is 1. The molecule has 2 N–H and O–H groups in total. The van der Waals surface area contributed by atoms with Gasteiger partial charge in [-0.15, -0.1) is 0 Å². The van der Waals surface area contributed by atoms with E-state index in [1.807, 2.05) is 0 Å². The minimum Gasteiger partial charge on any atom is -0.497 e. The number of nitrogens with zero attached hydrogens (tertiary/aromatic N) is 2. The van der Waals surface area contributed by atoms with Crippen LogP contribution in [0.3, 0.4) is 0 Å². The molecular weight excluding hydrogens is 319 g/mol. The van der Waals surface area contributed by atoms with Crippen molar-refractivity contribution in [3.05, 3.63) is 59.4 Å². The minimum absolute atomic E-state index is 0.0367. The third-order valence-electron chi connectivity index (χ3n) is 3.63. The van der Waals surface area contributed by atoms with E-state index in [0.717, 1.165) is 11.6 Å². The fourth-order valence-electron chi connectivity index (χ4n) is 2.46. The van der Waals surface area contributed by atoms with E-state index in [0.29, 0.717) is 5.75 Å². The van der Waals surface area contributed by atoms with Gasteiger partial charge in [0.25, 0.3) is 0 Å². The summed E-state index contributed by atoms with van der Waals surface area (Å²) in [5.41, 5.74) is 5.68. The number of hydrogen-bond acceptors (Lipinski definition) is 4. The van der Waals surface area contributed by atoms with Gasteiger partial charge in [-0.05, 0) is 29.8 Å². The summed E-state index contributed by atoms with van der Waals surface area (Å²) in [5, 5.41) is 0.198. The Morgan fingerprint density at radius 3 is 2.38 bits per heavy atom. The predicted octanol–water partition coefficient (Wildman–Crippen LogP) is 3.83. The van der Waals surface area contributed by atoms with E-state index in [1.165, 1.54) is 12.1 Å². The van der Waals surface area contributed by atoms with Gasteiger partial charge >= 0.3 is 6.18 Å². The lowest BCUT2D eigenvalue weighted by molar-refractivity contribution is -0.136. The molecule has 0 radical (unpaired) electrons. The van der Waals surface area contributed by atoms with E-state index in [-0.39, 0.29) is 29.0 Å². The van der Waals surface area contributed by atoms with E-state index in [2.05, 4.69) is 9.97 Å². The Kier molecular flexibility index (Phi) is 4.01. The van der Waals surface area contributed by atoms with Gasteiger partial charge in [0, 0.05) is 11.8 Å². The minimum atomic E-state index is -4.50. The number of nitrogen functional groups attached to an aromatic ring is 1. The molecule has 0 aliphatic carbocycles. The molecule has 3 aromatic rings. The SMILES string of the molecule is COc1ccc(Cc2nc(N)c3cccc(C(F)(F)F)c3n2)cc1. The van der Waals surface area contributed by atoms with Gasteiger partial charge in [0.2, 0.25) is 0 Å². The summed E-state index contributed by atoms with van der Waals surface area (Å²) >= 11 is 0. The Hall–Kier alpha value is -2.83. The monoisotopic (exact) mass is 333 g/mol. The lowest BCUT2D eigenvalue weighted by atomic mass is 10.1. The van der Waals surface area contributed by atoms with Crippen LogP contribution in [0.15, 0.2) is 42.5 Å². The molecule has 0 aliphatic rings. The highest BCUT2D eigenvalue weighted by Gasteiger charge is 2.33. The molecule has 0 saturated carbocycles. The zero-order chi connectivity index (χ0) is 17.3. The van der Waals surface area contributed by atoms with E-state index < -0.39 is 11.7 Å². The summed E-state index contributed by atoms with van der Waals surface area (Å²) in [7, 11) is 1.56. The number of methoxy groups -OCH3 is 1. The first kappa shape index (κ1) is 16.0. The third-order valence-corrected chi connectivity index (χ3v) is 3.63. The number of halogens is 3. The molecule has 4 nitrogen and oxygen atoms in total. The van der Waals surface area contributed by atoms with Crippen LogP contribution in [0.5, 0.6) is 5.75 Å². The molecule has 24 heavy (non-hydrogen) atoms. The fourth-order valence-corrected chi connectivity index (χ4v) is 2.46. The average Bonchev–Trinajstić information content (AvgIpc) is 2.54. The maximum Gasteiger partial charge on any atom is 0.418 e. The lowest BCUT2D eigenvalue weighted by Gasteiger charge is -2.12. The summed E-state index contributed by atoms with van der Waals surface area (Å²) in [6.45, 7) is 0. The largest absolute Gasteiger partial charge is 0.497 e. The highest BCUT2D eigenvalue weighted by molar-refractivity contribution is 5.90. The van der Waals surface area contributed by atoms with Gasteiger partial charge in [0.1, 0.15) is 17.4 Å². The number of fused-ring (bicyclic) bond motifs is 1. The number of alkyl halides is 3. The van der Waals surface area contributed by atoms with E-state index in [4.69, 9.17) is 10.5 Å². The zero-order valence-corrected chi connectivity index (χ0v) is 12.8. The van der Waals surface area contributed by atoms with Gasteiger partial charge in [-0.1, -0.05) is 18.2 Å². The number of para-hydroxylation sites is 1. The number of rotatable bonds is 3. The molecule has 0 spiro atoms. The van der Waals surface area contributed by atoms with Crippen molar-refractivity contribution in [1.29, 1.82) is 0 Å². The van der Waals surface area contributed by atoms with Gasteiger partial charge in [-0.3, -0.25) is 0 Å². The van der Waals surface area contributed by atoms with Crippen molar-refractivity contribution >= 4 is 16.7 Å². The van der Waals surface area contributed by atoms with Gasteiger partial charge in [-0.25, -0.2) is 9.97 Å². The van der Waals surface area contributed by atoms with Crippen LogP contribution < -0.4 is 10.5 Å². The summed E-state index contributed by atoms with van der Waals surface area (Å²) < 4.78 is 44.6. The third kappa shape index (κ3) is 3.10. The Morgan fingerprint density at radius 1 is 1.04 bits per heavy atom. The topological polar surface area (TPSA) is 61.0 Å². The summed E-state index contributed by atoms with van der Waals surface area (Å²) in [6, 6.07) is 10.9. The summed E-state index contributed by atoms with van der Waals surface area (Å²) in [6.07, 6.45) is -4.23. The van der Waals surface area contributed by atoms with Crippen molar-refractivity contribution in [2.45, 2.75) is 12.6 Å². The van der Waals surface area contributed by atoms with Crippen LogP contribution in [0, 0.1) is 0 Å². The van der Waals surface area contributed by atoms with Gasteiger partial charge < -0.3 is 10.5 Å². The maximum absolute atomic E-state index is 13.2. The first-order valence-electron chi connectivity index (χ1n) is 7.13. The first-order valence-corrected chi connectivity index (χ1v) is 7.13. The number of anilines is 1. The predicted molar refractivity (Wildman–Crippen MR) is 84.8 cm³/mol. The van der Waals surface area contributed by atoms with Crippen LogP contribution in [0.4, 0.5) is 19.0 Å². The molecule has 0 atom stereocenters. The molecule has 0 fully saturated rings. The van der Waals surface area contributed by atoms with Gasteiger partial charge in [0.15, 0.2) is 0 Å². The second-order valence-electron chi connectivity index (χ2n) is 5.25. The van der Waals surface area contributed by atoms with Crippen LogP contribution >= 0.6 is 0 Å². The Bertz CT molecular complexity index is 877. The Labute approximate surface area is 136 Å². The van der Waals surface area contributed by atoms with Crippen LogP contribution in [-0.4, -0.2) is 17.1 Å². The molecular formula is C17H14F3N3O. The van der Waals surface area contributed by atoms with Crippen LogP contribution in [0.25, 0.3) is 10.9 Å². The van der Waals surface area contributed by atoms with Crippen LogP contribution in [0.2, 0.25) is 0 Å². The maximum atomic E-state index is 13.2. The highest BCUT2D eigenvalue weighted by atomic mass is 19.4. The van der Waals surface area contributed by atoms with Gasteiger partial charge in [-0.2, -0.15) is 13.2 Å². The van der Waals surface area contributed by atoms with E-state index in [9.17, 15) is 13.2 Å².